The van der Waals surface area contributed by atoms with Crippen LogP contribution in [-0.4, -0.2) is 18.1 Å². The minimum Gasteiger partial charge on any atom is -0.329 e. The highest BCUT2D eigenvalue weighted by atomic mass is 15.2. The maximum absolute atomic E-state index is 4.48. The lowest BCUT2D eigenvalue weighted by Crippen LogP contribution is -2.22. The number of aryl methyl sites for hydroxylation is 1. The molecule has 0 atom stereocenters. The molecule has 3 heteroatoms. The van der Waals surface area contributed by atoms with E-state index >= 15 is 0 Å². The van der Waals surface area contributed by atoms with E-state index < -0.39 is 0 Å². The first kappa shape index (κ1) is 15.5. The second-order valence-corrected chi connectivity index (χ2v) is 5.64. The summed E-state index contributed by atoms with van der Waals surface area (Å²) in [6.07, 6.45) is 2.95. The lowest BCUT2D eigenvalue weighted by Gasteiger charge is -2.19. The highest BCUT2D eigenvalue weighted by molar-refractivity contribution is 5.59. The highest BCUT2D eigenvalue weighted by Gasteiger charge is 2.06. The van der Waals surface area contributed by atoms with E-state index in [0.29, 0.717) is 6.04 Å². The second kappa shape index (κ2) is 7.23. The number of rotatable bonds is 6. The summed E-state index contributed by atoms with van der Waals surface area (Å²) >= 11 is 0. The minimum absolute atomic E-state index is 0.487. The molecule has 0 bridgehead atoms. The normalized spacial score (nSPS) is 10.9. The molecule has 0 fully saturated rings. The summed E-state index contributed by atoms with van der Waals surface area (Å²) in [5.41, 5.74) is 3.77. The van der Waals surface area contributed by atoms with Gasteiger partial charge >= 0.3 is 0 Å². The molecule has 0 spiro atoms. The summed E-state index contributed by atoms with van der Waals surface area (Å²) in [6.45, 7) is 7.36. The van der Waals surface area contributed by atoms with Crippen molar-refractivity contribution in [3.63, 3.8) is 0 Å². The van der Waals surface area contributed by atoms with Crippen LogP contribution < -0.4 is 10.2 Å². The number of benzene rings is 1. The topological polar surface area (TPSA) is 28.2 Å². The molecule has 0 saturated heterocycles. The van der Waals surface area contributed by atoms with Gasteiger partial charge in [-0.05, 0) is 41.8 Å². The van der Waals surface area contributed by atoms with Crippen molar-refractivity contribution < 1.29 is 0 Å². The van der Waals surface area contributed by atoms with Crippen LogP contribution in [0.25, 0.3) is 0 Å². The fourth-order valence-corrected chi connectivity index (χ4v) is 2.16. The first-order chi connectivity index (χ1) is 10.1. The average Bonchev–Trinajstić information content (AvgIpc) is 2.52. The van der Waals surface area contributed by atoms with Crippen molar-refractivity contribution in [1.82, 2.24) is 10.3 Å². The Labute approximate surface area is 128 Å². The third kappa shape index (κ3) is 4.30. The zero-order chi connectivity index (χ0) is 15.2. The number of aromatic nitrogens is 1. The largest absolute Gasteiger partial charge is 0.329 e. The van der Waals surface area contributed by atoms with Gasteiger partial charge in [0, 0.05) is 31.5 Å². The molecule has 0 unspecified atom stereocenters. The quantitative estimate of drug-likeness (QED) is 0.871. The number of nitrogens with zero attached hydrogens (tertiary/aromatic N) is 2. The van der Waals surface area contributed by atoms with Crippen LogP contribution in [0.3, 0.4) is 0 Å². The van der Waals surface area contributed by atoms with Gasteiger partial charge in [0.05, 0.1) is 0 Å². The van der Waals surface area contributed by atoms with Crippen LogP contribution in [0.15, 0.2) is 42.6 Å². The zero-order valence-electron chi connectivity index (χ0n) is 13.4. The van der Waals surface area contributed by atoms with Crippen molar-refractivity contribution in [2.75, 3.05) is 11.9 Å². The molecule has 2 rings (SSSR count). The van der Waals surface area contributed by atoms with Crippen molar-refractivity contribution in [2.45, 2.75) is 39.8 Å². The summed E-state index contributed by atoms with van der Waals surface area (Å²) in [4.78, 5) is 6.61. The van der Waals surface area contributed by atoms with Gasteiger partial charge in [0.15, 0.2) is 0 Å². The van der Waals surface area contributed by atoms with E-state index in [1.54, 1.807) is 0 Å². The lowest BCUT2D eigenvalue weighted by atomic mass is 10.1. The predicted molar refractivity (Wildman–Crippen MR) is 90.1 cm³/mol. The van der Waals surface area contributed by atoms with Crippen molar-refractivity contribution in [2.24, 2.45) is 0 Å². The molecule has 0 amide bonds. The monoisotopic (exact) mass is 283 g/mol. The summed E-state index contributed by atoms with van der Waals surface area (Å²) in [5, 5.41) is 3.44. The average molecular weight is 283 g/mol. The van der Waals surface area contributed by atoms with Gasteiger partial charge in [-0.2, -0.15) is 0 Å². The molecule has 0 aliphatic heterocycles. The van der Waals surface area contributed by atoms with Crippen molar-refractivity contribution in [3.8, 4) is 0 Å². The van der Waals surface area contributed by atoms with Crippen LogP contribution in [0, 0.1) is 0 Å². The van der Waals surface area contributed by atoms with Gasteiger partial charge in [0.1, 0.15) is 5.82 Å². The molecule has 21 heavy (non-hydrogen) atoms. The summed E-state index contributed by atoms with van der Waals surface area (Å²) in [6, 6.07) is 13.3. The van der Waals surface area contributed by atoms with Crippen molar-refractivity contribution in [1.29, 1.82) is 0 Å². The molecule has 0 radical (unpaired) electrons. The van der Waals surface area contributed by atoms with Gasteiger partial charge in [-0.1, -0.05) is 32.9 Å². The molecule has 0 aliphatic rings. The van der Waals surface area contributed by atoms with E-state index in [1.165, 1.54) is 11.1 Å². The maximum Gasteiger partial charge on any atom is 0.132 e. The molecular formula is C18H25N3. The fraction of sp³-hybridized carbons (Fsp3) is 0.389. The standard InChI is InChI=1S/C18H25N3/c1-5-15-6-8-17(9-7-15)21(4)18-12-16(10-11-19-18)13-20-14(2)3/h6-12,14,20H,5,13H2,1-4H3. The molecule has 0 aliphatic carbocycles. The number of pyridine rings is 1. The Bertz CT molecular complexity index is 561. The lowest BCUT2D eigenvalue weighted by molar-refractivity contribution is 0.588. The number of anilines is 2. The van der Waals surface area contributed by atoms with E-state index in [2.05, 4.69) is 79.4 Å². The SMILES string of the molecule is CCc1ccc(N(C)c2cc(CNC(C)C)ccn2)cc1. The third-order valence-electron chi connectivity index (χ3n) is 3.60. The molecule has 1 heterocycles. The van der Waals surface area contributed by atoms with Crippen LogP contribution in [-0.2, 0) is 13.0 Å². The molecule has 112 valence electrons. The summed E-state index contributed by atoms with van der Waals surface area (Å²) in [5.74, 6) is 0.974. The fourth-order valence-electron chi connectivity index (χ4n) is 2.16. The van der Waals surface area contributed by atoms with Crippen LogP contribution in [0.1, 0.15) is 31.9 Å². The van der Waals surface area contributed by atoms with Crippen LogP contribution in [0.5, 0.6) is 0 Å². The van der Waals surface area contributed by atoms with E-state index in [9.17, 15) is 0 Å². The van der Waals surface area contributed by atoms with Gasteiger partial charge < -0.3 is 10.2 Å². The highest BCUT2D eigenvalue weighted by Crippen LogP contribution is 2.22. The maximum atomic E-state index is 4.48. The molecule has 3 nitrogen and oxygen atoms in total. The predicted octanol–water partition coefficient (Wildman–Crippen LogP) is 3.91. The number of hydrogen-bond donors (Lipinski definition) is 1. The molecule has 1 aromatic heterocycles. The van der Waals surface area contributed by atoms with Crippen LogP contribution >= 0.6 is 0 Å². The van der Waals surface area contributed by atoms with Crippen LogP contribution in [0.4, 0.5) is 11.5 Å². The second-order valence-electron chi connectivity index (χ2n) is 5.64. The Balaban J connectivity index is 2.14. The molecule has 1 aromatic carbocycles. The Hall–Kier alpha value is -1.87. The zero-order valence-corrected chi connectivity index (χ0v) is 13.4. The first-order valence-electron chi connectivity index (χ1n) is 7.61. The van der Waals surface area contributed by atoms with Gasteiger partial charge in [-0.25, -0.2) is 4.98 Å². The first-order valence-corrected chi connectivity index (χ1v) is 7.61. The van der Waals surface area contributed by atoms with E-state index in [0.717, 1.165) is 24.5 Å². The molecular weight excluding hydrogens is 258 g/mol. The van der Waals surface area contributed by atoms with Crippen LogP contribution in [0.2, 0.25) is 0 Å². The van der Waals surface area contributed by atoms with Crippen molar-refractivity contribution in [3.05, 3.63) is 53.7 Å². The molecule has 1 N–H and O–H groups in total. The third-order valence-corrected chi connectivity index (χ3v) is 3.60. The van der Waals surface area contributed by atoms with Gasteiger partial charge in [-0.3, -0.25) is 0 Å². The van der Waals surface area contributed by atoms with Gasteiger partial charge in [0.25, 0.3) is 0 Å². The Morgan fingerprint density at radius 2 is 1.81 bits per heavy atom. The smallest absolute Gasteiger partial charge is 0.132 e. The van der Waals surface area contributed by atoms with Crippen molar-refractivity contribution >= 4 is 11.5 Å². The Morgan fingerprint density at radius 1 is 1.10 bits per heavy atom. The van der Waals surface area contributed by atoms with Gasteiger partial charge in [0.2, 0.25) is 0 Å². The van der Waals surface area contributed by atoms with E-state index in [-0.39, 0.29) is 0 Å². The Kier molecular flexibility index (Phi) is 5.34. The van der Waals surface area contributed by atoms with E-state index in [4.69, 9.17) is 0 Å². The van der Waals surface area contributed by atoms with Gasteiger partial charge in [-0.15, -0.1) is 0 Å². The number of hydrogen-bond acceptors (Lipinski definition) is 3. The summed E-state index contributed by atoms with van der Waals surface area (Å²) in [7, 11) is 2.06. The Morgan fingerprint density at radius 3 is 2.43 bits per heavy atom. The summed E-state index contributed by atoms with van der Waals surface area (Å²) < 4.78 is 0. The van der Waals surface area contributed by atoms with E-state index in [1.807, 2.05) is 6.20 Å². The minimum atomic E-state index is 0.487. The molecule has 0 saturated carbocycles. The molecule has 2 aromatic rings. The number of nitrogens with one attached hydrogen (secondary N) is 1.